The predicted molar refractivity (Wildman–Crippen MR) is 23.2 cm³/mol. The maximum atomic E-state index is 10.1. The van der Waals surface area contributed by atoms with Crippen molar-refractivity contribution in [2.45, 2.75) is 6.29 Å². The first-order valence-corrected chi connectivity index (χ1v) is 2.19. The summed E-state index contributed by atoms with van der Waals surface area (Å²) in [5.74, 6) is 0. The predicted octanol–water partition coefficient (Wildman–Crippen LogP) is 0.126. The van der Waals surface area contributed by atoms with Gasteiger partial charge in [0, 0.05) is 7.11 Å². The average Bonchev–Trinajstić information content (AvgIpc) is 2.14. The average molecular weight is 118 g/mol. The molecule has 0 aromatic carbocycles. The van der Waals surface area contributed by atoms with Gasteiger partial charge in [-0.1, -0.05) is 0 Å². The molecule has 1 atom stereocenters. The van der Waals surface area contributed by atoms with E-state index in [9.17, 15) is 4.79 Å². The molecule has 0 aromatic rings. The SMILES string of the molecule is CO[C@@H]1COC(=O)O1. The third-order valence-electron chi connectivity index (χ3n) is 0.828. The van der Waals surface area contributed by atoms with E-state index >= 15 is 0 Å². The van der Waals surface area contributed by atoms with Gasteiger partial charge in [0.1, 0.15) is 0 Å². The summed E-state index contributed by atoms with van der Waals surface area (Å²) in [7, 11) is 1.45. The van der Waals surface area contributed by atoms with Gasteiger partial charge in [0.05, 0.1) is 0 Å². The number of ether oxygens (including phenoxy) is 3. The molecule has 0 saturated carbocycles. The molecule has 1 fully saturated rings. The van der Waals surface area contributed by atoms with Crippen molar-refractivity contribution in [2.24, 2.45) is 0 Å². The highest BCUT2D eigenvalue weighted by atomic mass is 16.8. The number of cyclic esters (lactones) is 2. The zero-order valence-electron chi connectivity index (χ0n) is 4.42. The van der Waals surface area contributed by atoms with Crippen LogP contribution in [0.3, 0.4) is 0 Å². The second kappa shape index (κ2) is 2.00. The Bertz CT molecular complexity index is 100. The fourth-order valence-electron chi connectivity index (χ4n) is 0.428. The molecule has 4 heteroatoms. The Balaban J connectivity index is 2.32. The Morgan fingerprint density at radius 2 is 2.62 bits per heavy atom. The van der Waals surface area contributed by atoms with Crippen LogP contribution >= 0.6 is 0 Å². The summed E-state index contributed by atoms with van der Waals surface area (Å²) in [6.45, 7) is 0.204. The first kappa shape index (κ1) is 5.37. The molecule has 0 N–H and O–H groups in total. The molecular formula is C4H6O4. The van der Waals surface area contributed by atoms with Gasteiger partial charge in [0.2, 0.25) is 6.29 Å². The molecule has 0 aromatic heterocycles. The third-order valence-corrected chi connectivity index (χ3v) is 0.828. The van der Waals surface area contributed by atoms with Crippen molar-refractivity contribution < 1.29 is 19.0 Å². The molecule has 0 unspecified atom stereocenters. The normalized spacial score (nSPS) is 27.1. The monoisotopic (exact) mass is 118 g/mol. The number of methoxy groups -OCH3 is 1. The second-order valence-electron chi connectivity index (χ2n) is 1.34. The highest BCUT2D eigenvalue weighted by Gasteiger charge is 2.23. The molecule has 46 valence electrons. The standard InChI is InChI=1S/C4H6O4/c1-6-3-2-7-4(5)8-3/h3H,2H2,1H3/t3-/m0/s1. The van der Waals surface area contributed by atoms with Crippen molar-refractivity contribution in [3.8, 4) is 0 Å². The minimum absolute atomic E-state index is 0.204. The quantitative estimate of drug-likeness (QED) is 0.459. The van der Waals surface area contributed by atoms with Crippen LogP contribution in [-0.4, -0.2) is 26.2 Å². The van der Waals surface area contributed by atoms with Gasteiger partial charge in [0.25, 0.3) is 0 Å². The number of hydrogen-bond acceptors (Lipinski definition) is 4. The van der Waals surface area contributed by atoms with Gasteiger partial charge in [-0.25, -0.2) is 4.79 Å². The molecule has 4 nitrogen and oxygen atoms in total. The van der Waals surface area contributed by atoms with E-state index in [-0.39, 0.29) is 6.61 Å². The highest BCUT2D eigenvalue weighted by Crippen LogP contribution is 2.04. The van der Waals surface area contributed by atoms with Crippen LogP contribution in [-0.2, 0) is 14.2 Å². The summed E-state index contributed by atoms with van der Waals surface area (Å²) in [6, 6.07) is 0. The summed E-state index contributed by atoms with van der Waals surface area (Å²) in [5, 5.41) is 0. The Labute approximate surface area is 46.3 Å². The Hall–Kier alpha value is -0.770. The van der Waals surface area contributed by atoms with E-state index < -0.39 is 12.4 Å². The maximum absolute atomic E-state index is 10.1. The van der Waals surface area contributed by atoms with Gasteiger partial charge in [-0.05, 0) is 0 Å². The van der Waals surface area contributed by atoms with Crippen molar-refractivity contribution in [1.29, 1.82) is 0 Å². The highest BCUT2D eigenvalue weighted by molar-refractivity contribution is 5.61. The molecular weight excluding hydrogens is 112 g/mol. The van der Waals surface area contributed by atoms with Crippen LogP contribution in [0.1, 0.15) is 0 Å². The van der Waals surface area contributed by atoms with E-state index in [1.54, 1.807) is 0 Å². The van der Waals surface area contributed by atoms with Crippen molar-refractivity contribution in [3.05, 3.63) is 0 Å². The molecule has 0 radical (unpaired) electrons. The summed E-state index contributed by atoms with van der Waals surface area (Å²) < 4.78 is 13.4. The molecule has 1 aliphatic heterocycles. The molecule has 1 saturated heterocycles. The number of carbonyl (C=O) groups is 1. The lowest BCUT2D eigenvalue weighted by atomic mass is 10.7. The van der Waals surface area contributed by atoms with E-state index in [0.29, 0.717) is 0 Å². The van der Waals surface area contributed by atoms with E-state index in [1.165, 1.54) is 7.11 Å². The molecule has 0 amide bonds. The largest absolute Gasteiger partial charge is 0.510 e. The van der Waals surface area contributed by atoms with Crippen LogP contribution < -0.4 is 0 Å². The van der Waals surface area contributed by atoms with E-state index in [2.05, 4.69) is 14.2 Å². The van der Waals surface area contributed by atoms with Crippen molar-refractivity contribution in [1.82, 2.24) is 0 Å². The lowest BCUT2D eigenvalue weighted by molar-refractivity contribution is -0.0506. The zero-order chi connectivity index (χ0) is 5.98. The summed E-state index contributed by atoms with van der Waals surface area (Å²) in [6.07, 6.45) is -1.15. The van der Waals surface area contributed by atoms with Gasteiger partial charge < -0.3 is 14.2 Å². The lowest BCUT2D eigenvalue weighted by Crippen LogP contribution is -2.11. The van der Waals surface area contributed by atoms with E-state index in [0.717, 1.165) is 0 Å². The smallest absolute Gasteiger partial charge is 0.428 e. The molecule has 1 aliphatic rings. The van der Waals surface area contributed by atoms with Crippen molar-refractivity contribution in [2.75, 3.05) is 13.7 Å². The van der Waals surface area contributed by atoms with Crippen LogP contribution in [0.15, 0.2) is 0 Å². The van der Waals surface area contributed by atoms with E-state index in [1.807, 2.05) is 0 Å². The Kier molecular flexibility index (Phi) is 1.34. The first-order valence-electron chi connectivity index (χ1n) is 2.19. The first-order chi connectivity index (χ1) is 3.83. The van der Waals surface area contributed by atoms with Crippen LogP contribution in [0.2, 0.25) is 0 Å². The maximum Gasteiger partial charge on any atom is 0.510 e. The minimum atomic E-state index is -0.656. The molecule has 1 heterocycles. The molecule has 0 spiro atoms. The van der Waals surface area contributed by atoms with E-state index in [4.69, 9.17) is 0 Å². The number of carbonyl (C=O) groups excluding carboxylic acids is 1. The van der Waals surface area contributed by atoms with Gasteiger partial charge in [-0.2, -0.15) is 0 Å². The molecule has 0 aliphatic carbocycles. The van der Waals surface area contributed by atoms with Gasteiger partial charge >= 0.3 is 6.16 Å². The summed E-state index contributed by atoms with van der Waals surface area (Å²) >= 11 is 0. The van der Waals surface area contributed by atoms with Gasteiger partial charge in [-0.15, -0.1) is 0 Å². The van der Waals surface area contributed by atoms with Crippen molar-refractivity contribution in [3.63, 3.8) is 0 Å². The summed E-state index contributed by atoms with van der Waals surface area (Å²) in [4.78, 5) is 10.1. The van der Waals surface area contributed by atoms with Crippen LogP contribution in [0.5, 0.6) is 0 Å². The van der Waals surface area contributed by atoms with Crippen LogP contribution in [0.25, 0.3) is 0 Å². The van der Waals surface area contributed by atoms with Crippen LogP contribution in [0, 0.1) is 0 Å². The number of rotatable bonds is 1. The topological polar surface area (TPSA) is 44.8 Å². The lowest BCUT2D eigenvalue weighted by Gasteiger charge is -1.99. The minimum Gasteiger partial charge on any atom is -0.428 e. The fraction of sp³-hybridized carbons (Fsp3) is 0.750. The zero-order valence-corrected chi connectivity index (χ0v) is 4.42. The van der Waals surface area contributed by atoms with Gasteiger partial charge in [0.15, 0.2) is 6.61 Å². The molecule has 1 rings (SSSR count). The fourth-order valence-corrected chi connectivity index (χ4v) is 0.428. The van der Waals surface area contributed by atoms with Gasteiger partial charge in [-0.3, -0.25) is 0 Å². The molecule has 8 heavy (non-hydrogen) atoms. The van der Waals surface area contributed by atoms with Crippen LogP contribution in [0.4, 0.5) is 4.79 Å². The Morgan fingerprint density at radius 3 is 2.88 bits per heavy atom. The van der Waals surface area contributed by atoms with Crippen molar-refractivity contribution >= 4 is 6.16 Å². The molecule has 0 bridgehead atoms. The third kappa shape index (κ3) is 0.894. The summed E-state index contributed by atoms with van der Waals surface area (Å²) in [5.41, 5.74) is 0. The second-order valence-corrected chi connectivity index (χ2v) is 1.34. The Morgan fingerprint density at radius 1 is 1.88 bits per heavy atom. The number of hydrogen-bond donors (Lipinski definition) is 0.